The third kappa shape index (κ3) is 3.34. The van der Waals surface area contributed by atoms with Crippen LogP contribution in [0.25, 0.3) is 0 Å². The number of anilines is 1. The molecule has 0 fully saturated rings. The topological polar surface area (TPSA) is 152 Å². The number of H-pyrrole nitrogens is 2. The van der Waals surface area contributed by atoms with E-state index < -0.39 is 28.9 Å². The summed E-state index contributed by atoms with van der Waals surface area (Å²) in [6.07, 6.45) is 1.31. The molecule has 1 rings (SSSR count). The number of aromatic nitrogens is 2. The molecule has 90 valence electrons. The molecule has 17 heavy (non-hydrogen) atoms. The Morgan fingerprint density at radius 1 is 1.29 bits per heavy atom. The Balaban J connectivity index is 3.11. The second-order valence-electron chi connectivity index (χ2n) is 2.81. The molecule has 0 aliphatic heterocycles. The van der Waals surface area contributed by atoms with E-state index in [9.17, 15) is 19.2 Å². The van der Waals surface area contributed by atoms with Gasteiger partial charge in [-0.2, -0.15) is 0 Å². The van der Waals surface area contributed by atoms with Gasteiger partial charge in [-0.15, -0.1) is 0 Å². The summed E-state index contributed by atoms with van der Waals surface area (Å²) in [4.78, 5) is 46.8. The first-order valence-electron chi connectivity index (χ1n) is 4.17. The maximum atomic E-state index is 11.2. The standard InChI is InChI=1S/C8H7N3O6/c12-5(13)1-3(7(15)16)10-4-2-9-8(17)11-6(4)14/h1-2,10H,(H,12,13)(H,15,16)(H2,9,11,14,17). The van der Waals surface area contributed by atoms with Crippen LogP contribution in [0.4, 0.5) is 5.69 Å². The zero-order chi connectivity index (χ0) is 13.0. The number of carboxylic acid groups (broad SMARTS) is 2. The van der Waals surface area contributed by atoms with Crippen LogP contribution in [0, 0.1) is 0 Å². The van der Waals surface area contributed by atoms with Crippen LogP contribution in [0.3, 0.4) is 0 Å². The first-order chi connectivity index (χ1) is 7.90. The van der Waals surface area contributed by atoms with Crippen molar-refractivity contribution in [1.29, 1.82) is 0 Å². The number of aliphatic carboxylic acids is 2. The van der Waals surface area contributed by atoms with Gasteiger partial charge in [0.05, 0.1) is 6.08 Å². The van der Waals surface area contributed by atoms with Gasteiger partial charge in [0.25, 0.3) is 5.56 Å². The summed E-state index contributed by atoms with van der Waals surface area (Å²) in [5, 5.41) is 19.1. The van der Waals surface area contributed by atoms with Crippen molar-refractivity contribution < 1.29 is 19.8 Å². The third-order valence-corrected chi connectivity index (χ3v) is 1.59. The van der Waals surface area contributed by atoms with Crippen molar-refractivity contribution in [3.63, 3.8) is 0 Å². The van der Waals surface area contributed by atoms with E-state index in [-0.39, 0.29) is 5.69 Å². The molecule has 0 atom stereocenters. The van der Waals surface area contributed by atoms with E-state index in [0.29, 0.717) is 6.08 Å². The Labute approximate surface area is 92.4 Å². The summed E-state index contributed by atoms with van der Waals surface area (Å²) in [6.45, 7) is 0. The predicted octanol–water partition coefficient (Wildman–Crippen LogP) is -1.47. The maximum absolute atomic E-state index is 11.2. The van der Waals surface area contributed by atoms with Crippen molar-refractivity contribution >= 4 is 17.6 Å². The minimum atomic E-state index is -1.56. The molecule has 1 aromatic rings. The van der Waals surface area contributed by atoms with Crippen LogP contribution < -0.4 is 16.6 Å². The van der Waals surface area contributed by atoms with Crippen molar-refractivity contribution in [2.45, 2.75) is 0 Å². The lowest BCUT2D eigenvalue weighted by Crippen LogP contribution is -2.25. The summed E-state index contributed by atoms with van der Waals surface area (Å²) in [6, 6.07) is 0. The molecule has 9 nitrogen and oxygen atoms in total. The fourth-order valence-corrected chi connectivity index (χ4v) is 0.922. The molecule has 0 spiro atoms. The van der Waals surface area contributed by atoms with Crippen LogP contribution in [0.1, 0.15) is 0 Å². The normalized spacial score (nSPS) is 10.9. The number of aromatic amines is 2. The zero-order valence-electron chi connectivity index (χ0n) is 8.18. The Hall–Kier alpha value is -2.84. The molecule has 0 radical (unpaired) electrons. The van der Waals surface area contributed by atoms with E-state index in [1.165, 1.54) is 0 Å². The summed E-state index contributed by atoms with van der Waals surface area (Å²) >= 11 is 0. The fraction of sp³-hybridized carbons (Fsp3) is 0. The van der Waals surface area contributed by atoms with Gasteiger partial charge in [0.2, 0.25) is 0 Å². The minimum Gasteiger partial charge on any atom is -0.478 e. The molecular weight excluding hydrogens is 234 g/mol. The lowest BCUT2D eigenvalue weighted by atomic mass is 10.3. The molecule has 0 saturated heterocycles. The first kappa shape index (κ1) is 12.2. The van der Waals surface area contributed by atoms with Crippen LogP contribution in [-0.4, -0.2) is 32.1 Å². The Bertz CT molecular complexity index is 596. The van der Waals surface area contributed by atoms with Crippen molar-refractivity contribution in [1.82, 2.24) is 9.97 Å². The molecule has 0 aliphatic carbocycles. The molecular formula is C8H7N3O6. The van der Waals surface area contributed by atoms with Crippen LogP contribution in [0.5, 0.6) is 0 Å². The van der Waals surface area contributed by atoms with Gasteiger partial charge in [-0.1, -0.05) is 0 Å². The summed E-state index contributed by atoms with van der Waals surface area (Å²) < 4.78 is 0. The molecule has 0 saturated carbocycles. The quantitative estimate of drug-likeness (QED) is 0.403. The highest BCUT2D eigenvalue weighted by Gasteiger charge is 2.11. The Morgan fingerprint density at radius 2 is 1.94 bits per heavy atom. The molecule has 0 aromatic carbocycles. The zero-order valence-corrected chi connectivity index (χ0v) is 8.18. The lowest BCUT2D eigenvalue weighted by molar-refractivity contribution is -0.134. The average Bonchev–Trinajstić information content (AvgIpc) is 2.19. The van der Waals surface area contributed by atoms with Gasteiger partial charge < -0.3 is 20.5 Å². The van der Waals surface area contributed by atoms with Crippen molar-refractivity contribution in [3.8, 4) is 0 Å². The Morgan fingerprint density at radius 3 is 2.41 bits per heavy atom. The van der Waals surface area contributed by atoms with Gasteiger partial charge in [-0.05, 0) is 0 Å². The third-order valence-electron chi connectivity index (χ3n) is 1.59. The van der Waals surface area contributed by atoms with Gasteiger partial charge in [-0.3, -0.25) is 9.78 Å². The second kappa shape index (κ2) is 4.79. The highest BCUT2D eigenvalue weighted by Crippen LogP contribution is 2.01. The number of hydrogen-bond donors (Lipinski definition) is 5. The molecule has 9 heteroatoms. The van der Waals surface area contributed by atoms with E-state index in [0.717, 1.165) is 6.20 Å². The smallest absolute Gasteiger partial charge is 0.352 e. The monoisotopic (exact) mass is 241 g/mol. The summed E-state index contributed by atoms with van der Waals surface area (Å²) in [5.41, 5.74) is -2.64. The second-order valence-corrected chi connectivity index (χ2v) is 2.81. The predicted molar refractivity (Wildman–Crippen MR) is 54.7 cm³/mol. The van der Waals surface area contributed by atoms with Crippen LogP contribution in [-0.2, 0) is 9.59 Å². The molecule has 0 amide bonds. The number of carboxylic acids is 2. The number of hydrogen-bond acceptors (Lipinski definition) is 5. The molecule has 0 unspecified atom stereocenters. The number of nitrogens with one attached hydrogen (secondary N) is 3. The van der Waals surface area contributed by atoms with E-state index in [1.807, 2.05) is 4.98 Å². The molecule has 0 aliphatic rings. The highest BCUT2D eigenvalue weighted by molar-refractivity contribution is 5.97. The van der Waals surface area contributed by atoms with Crippen molar-refractivity contribution in [3.05, 3.63) is 38.8 Å². The molecule has 0 bridgehead atoms. The molecule has 1 heterocycles. The van der Waals surface area contributed by atoms with Gasteiger partial charge in [0, 0.05) is 6.20 Å². The van der Waals surface area contributed by atoms with E-state index >= 15 is 0 Å². The number of carbonyl (C=O) groups is 2. The minimum absolute atomic E-state index is 0.292. The SMILES string of the molecule is O=C(O)C=C(Nc1c[nH]c(=O)[nH]c1=O)C(=O)O. The van der Waals surface area contributed by atoms with Crippen LogP contribution in [0.15, 0.2) is 27.6 Å². The average molecular weight is 241 g/mol. The lowest BCUT2D eigenvalue weighted by Gasteiger charge is -2.04. The largest absolute Gasteiger partial charge is 0.478 e. The highest BCUT2D eigenvalue weighted by atomic mass is 16.4. The van der Waals surface area contributed by atoms with E-state index in [1.54, 1.807) is 0 Å². The molecule has 5 N–H and O–H groups in total. The Kier molecular flexibility index (Phi) is 3.44. The fourth-order valence-electron chi connectivity index (χ4n) is 0.922. The van der Waals surface area contributed by atoms with E-state index in [2.05, 4.69) is 10.3 Å². The van der Waals surface area contributed by atoms with Crippen LogP contribution in [0.2, 0.25) is 0 Å². The van der Waals surface area contributed by atoms with Crippen molar-refractivity contribution in [2.75, 3.05) is 5.32 Å². The van der Waals surface area contributed by atoms with Crippen LogP contribution >= 0.6 is 0 Å². The van der Waals surface area contributed by atoms with Gasteiger partial charge >= 0.3 is 17.6 Å². The summed E-state index contributed by atoms with van der Waals surface area (Å²) in [7, 11) is 0. The summed E-state index contributed by atoms with van der Waals surface area (Å²) in [5.74, 6) is -3.05. The van der Waals surface area contributed by atoms with Crippen molar-refractivity contribution in [2.24, 2.45) is 0 Å². The molecule has 1 aromatic heterocycles. The van der Waals surface area contributed by atoms with Gasteiger partial charge in [-0.25, -0.2) is 14.4 Å². The van der Waals surface area contributed by atoms with Gasteiger partial charge in [0.15, 0.2) is 0 Å². The van der Waals surface area contributed by atoms with Gasteiger partial charge in [0.1, 0.15) is 11.4 Å². The van der Waals surface area contributed by atoms with E-state index in [4.69, 9.17) is 10.2 Å². The first-order valence-corrected chi connectivity index (χ1v) is 4.17. The maximum Gasteiger partial charge on any atom is 0.352 e. The number of rotatable bonds is 4.